The van der Waals surface area contributed by atoms with E-state index in [-0.39, 0.29) is 6.16 Å². The number of rotatable bonds is 14. The van der Waals surface area contributed by atoms with E-state index < -0.39 is 7.60 Å². The molecule has 140 valence electrons. The Labute approximate surface area is 150 Å². The Kier molecular flexibility index (Phi) is 10.7. The fraction of sp³-hybridized carbons (Fsp3) is 0.765. The molecule has 0 amide bonds. The molecule has 7 heteroatoms. The molecule has 0 radical (unpaired) electrons. The van der Waals surface area contributed by atoms with E-state index in [1.807, 2.05) is 19.2 Å². The Morgan fingerprint density at radius 3 is 2.08 bits per heavy atom. The summed E-state index contributed by atoms with van der Waals surface area (Å²) in [6.45, 7) is 9.87. The van der Waals surface area contributed by atoms with Crippen molar-refractivity contribution in [3.8, 4) is 11.5 Å². The van der Waals surface area contributed by atoms with Gasteiger partial charge in [-0.15, -0.1) is 11.3 Å². The van der Waals surface area contributed by atoms with Crippen LogP contribution in [0.5, 0.6) is 11.5 Å². The van der Waals surface area contributed by atoms with Crippen LogP contribution >= 0.6 is 18.9 Å². The van der Waals surface area contributed by atoms with Crippen LogP contribution < -0.4 is 9.47 Å². The highest BCUT2D eigenvalue weighted by molar-refractivity contribution is 7.53. The van der Waals surface area contributed by atoms with E-state index in [0.29, 0.717) is 32.2 Å². The van der Waals surface area contributed by atoms with Crippen molar-refractivity contribution in [3.63, 3.8) is 0 Å². The van der Waals surface area contributed by atoms with Gasteiger partial charge in [0.1, 0.15) is 0 Å². The molecule has 0 aliphatic rings. The molecule has 0 aliphatic carbocycles. The van der Waals surface area contributed by atoms with Gasteiger partial charge in [-0.3, -0.25) is 4.57 Å². The third kappa shape index (κ3) is 7.14. The zero-order valence-electron chi connectivity index (χ0n) is 15.3. The van der Waals surface area contributed by atoms with Crippen LogP contribution in [0.2, 0.25) is 0 Å². The molecular weight excluding hydrogens is 347 g/mol. The molecule has 24 heavy (non-hydrogen) atoms. The predicted octanol–water partition coefficient (Wildman–Crippen LogP) is 5.87. The van der Waals surface area contributed by atoms with Crippen LogP contribution in [0.1, 0.15) is 58.3 Å². The predicted molar refractivity (Wildman–Crippen MR) is 99.7 cm³/mol. The van der Waals surface area contributed by atoms with Crippen LogP contribution in [0.15, 0.2) is 5.38 Å². The summed E-state index contributed by atoms with van der Waals surface area (Å²) in [4.78, 5) is 0.864. The lowest BCUT2D eigenvalue weighted by Gasteiger charge is -2.17. The van der Waals surface area contributed by atoms with Crippen LogP contribution in [0, 0.1) is 0 Å². The maximum atomic E-state index is 12.8. The molecular formula is C17H31O5PS. The van der Waals surface area contributed by atoms with Crippen molar-refractivity contribution in [2.45, 2.75) is 59.5 Å². The van der Waals surface area contributed by atoms with Crippen LogP contribution in [-0.2, 0) is 19.8 Å². The zero-order valence-corrected chi connectivity index (χ0v) is 17.0. The number of thiophene rings is 1. The summed E-state index contributed by atoms with van der Waals surface area (Å²) in [6, 6.07) is 0. The highest BCUT2D eigenvalue weighted by Gasteiger charge is 2.28. The Hall–Kier alpha value is -0.550. The van der Waals surface area contributed by atoms with Crippen molar-refractivity contribution in [1.29, 1.82) is 0 Å². The van der Waals surface area contributed by atoms with E-state index in [1.165, 1.54) is 11.3 Å². The monoisotopic (exact) mass is 378 g/mol. The van der Waals surface area contributed by atoms with Gasteiger partial charge in [-0.1, -0.05) is 26.7 Å². The number of ether oxygens (including phenoxy) is 2. The van der Waals surface area contributed by atoms with Gasteiger partial charge in [0.25, 0.3) is 0 Å². The molecule has 0 aromatic carbocycles. The molecule has 1 heterocycles. The zero-order chi connectivity index (χ0) is 17.8. The van der Waals surface area contributed by atoms with E-state index >= 15 is 0 Å². The SMILES string of the molecule is CCCCOc1csc(CP(=O)(OCC)OCC)c1OCCCC. The third-order valence-corrected chi connectivity index (χ3v) is 6.44. The van der Waals surface area contributed by atoms with Gasteiger partial charge in [-0.25, -0.2) is 0 Å². The van der Waals surface area contributed by atoms with E-state index in [4.69, 9.17) is 18.5 Å². The molecule has 0 N–H and O–H groups in total. The van der Waals surface area contributed by atoms with E-state index in [1.54, 1.807) is 0 Å². The lowest BCUT2D eigenvalue weighted by atomic mass is 10.3. The summed E-state index contributed by atoms with van der Waals surface area (Å²) in [5, 5.41) is 1.93. The Bertz CT molecular complexity index is 493. The topological polar surface area (TPSA) is 54.0 Å². The van der Waals surface area contributed by atoms with Crippen molar-refractivity contribution in [3.05, 3.63) is 10.3 Å². The van der Waals surface area contributed by atoms with Crippen molar-refractivity contribution in [2.24, 2.45) is 0 Å². The molecule has 0 bridgehead atoms. The summed E-state index contributed by atoms with van der Waals surface area (Å²) in [5.41, 5.74) is 0. The van der Waals surface area contributed by atoms with Crippen molar-refractivity contribution in [2.75, 3.05) is 26.4 Å². The smallest absolute Gasteiger partial charge is 0.335 e. The summed E-state index contributed by atoms with van der Waals surface area (Å²) in [7, 11) is -3.15. The molecule has 0 aliphatic heterocycles. The maximum absolute atomic E-state index is 12.8. The number of unbranched alkanes of at least 4 members (excludes halogenated alkanes) is 2. The normalized spacial score (nSPS) is 11.7. The Morgan fingerprint density at radius 2 is 1.54 bits per heavy atom. The minimum Gasteiger partial charge on any atom is -0.489 e. The summed E-state index contributed by atoms with van der Waals surface area (Å²) in [5.74, 6) is 1.43. The number of hydrogen-bond donors (Lipinski definition) is 0. The van der Waals surface area contributed by atoms with Crippen LogP contribution in [0.4, 0.5) is 0 Å². The summed E-state index contributed by atoms with van der Waals surface area (Å²) < 4.78 is 35.4. The summed E-state index contributed by atoms with van der Waals surface area (Å²) >= 11 is 1.49. The van der Waals surface area contributed by atoms with Gasteiger partial charge in [0.05, 0.1) is 37.5 Å². The van der Waals surface area contributed by atoms with Gasteiger partial charge in [0, 0.05) is 5.38 Å². The minimum atomic E-state index is -3.15. The molecule has 5 nitrogen and oxygen atoms in total. The molecule has 0 unspecified atom stereocenters. The molecule has 0 saturated heterocycles. The third-order valence-electron chi connectivity index (χ3n) is 3.27. The fourth-order valence-electron chi connectivity index (χ4n) is 2.07. The highest BCUT2D eigenvalue weighted by atomic mass is 32.1. The molecule has 0 fully saturated rings. The van der Waals surface area contributed by atoms with Crippen LogP contribution in [0.3, 0.4) is 0 Å². The van der Waals surface area contributed by atoms with Gasteiger partial charge in [-0.05, 0) is 26.7 Å². The van der Waals surface area contributed by atoms with Gasteiger partial charge in [-0.2, -0.15) is 0 Å². The number of hydrogen-bond acceptors (Lipinski definition) is 6. The minimum absolute atomic E-state index is 0.220. The molecule has 0 spiro atoms. The van der Waals surface area contributed by atoms with Gasteiger partial charge in [0.15, 0.2) is 11.5 Å². The first kappa shape index (κ1) is 21.5. The van der Waals surface area contributed by atoms with Gasteiger partial charge < -0.3 is 18.5 Å². The molecule has 1 aromatic rings. The molecule has 0 saturated carbocycles. The largest absolute Gasteiger partial charge is 0.489 e. The molecule has 0 atom stereocenters. The summed E-state index contributed by atoms with van der Waals surface area (Å²) in [6.07, 6.45) is 4.32. The van der Waals surface area contributed by atoms with E-state index in [2.05, 4.69) is 13.8 Å². The maximum Gasteiger partial charge on any atom is 0.335 e. The second-order valence-corrected chi connectivity index (χ2v) is 8.38. The molecule has 1 rings (SSSR count). The first-order chi connectivity index (χ1) is 11.6. The highest BCUT2D eigenvalue weighted by Crippen LogP contribution is 2.55. The Morgan fingerprint density at radius 1 is 0.958 bits per heavy atom. The van der Waals surface area contributed by atoms with E-state index in [9.17, 15) is 4.57 Å². The first-order valence-corrected chi connectivity index (χ1v) is 11.4. The standard InChI is InChI=1S/C17H31O5PS/c1-5-9-11-19-15-14-24-16(17(15)20-12-10-6-2)13-23(18,21-7-3)22-8-4/h14H,5-13H2,1-4H3. The van der Waals surface area contributed by atoms with Crippen molar-refractivity contribution >= 4 is 18.9 Å². The quantitative estimate of drug-likeness (QED) is 0.299. The average Bonchev–Trinajstić information content (AvgIpc) is 2.90. The van der Waals surface area contributed by atoms with Crippen LogP contribution in [0.25, 0.3) is 0 Å². The average molecular weight is 378 g/mol. The lowest BCUT2D eigenvalue weighted by molar-refractivity contribution is 0.218. The van der Waals surface area contributed by atoms with Crippen molar-refractivity contribution in [1.82, 2.24) is 0 Å². The van der Waals surface area contributed by atoms with Gasteiger partial charge in [0.2, 0.25) is 0 Å². The fourth-order valence-corrected chi connectivity index (χ4v) is 5.07. The van der Waals surface area contributed by atoms with Crippen LogP contribution in [-0.4, -0.2) is 26.4 Å². The molecule has 1 aromatic heterocycles. The lowest BCUT2D eigenvalue weighted by Crippen LogP contribution is -2.03. The van der Waals surface area contributed by atoms with Crippen molar-refractivity contribution < 1.29 is 23.1 Å². The van der Waals surface area contributed by atoms with E-state index in [0.717, 1.165) is 36.3 Å². The van der Waals surface area contributed by atoms with Gasteiger partial charge >= 0.3 is 7.60 Å². The second-order valence-electron chi connectivity index (χ2n) is 5.36. The Balaban J connectivity index is 2.91. The first-order valence-electron chi connectivity index (χ1n) is 8.84. The second kappa shape index (κ2) is 11.9.